The van der Waals surface area contributed by atoms with Gasteiger partial charge in [0.1, 0.15) is 0 Å². The van der Waals surface area contributed by atoms with Crippen molar-refractivity contribution in [2.24, 2.45) is 0 Å². The minimum Gasteiger partial charge on any atom is -0.391 e. The molecule has 1 heterocycles. The highest BCUT2D eigenvalue weighted by molar-refractivity contribution is 4.83. The van der Waals surface area contributed by atoms with Gasteiger partial charge in [0.25, 0.3) is 0 Å². The van der Waals surface area contributed by atoms with Crippen LogP contribution in [0, 0.1) is 0 Å². The largest absolute Gasteiger partial charge is 0.391 e. The molecule has 1 saturated heterocycles. The van der Waals surface area contributed by atoms with Crippen LogP contribution in [-0.4, -0.2) is 48.5 Å². The normalized spacial score (nSPS) is 37.6. The highest BCUT2D eigenvalue weighted by atomic mass is 16.5. The molecule has 0 radical (unpaired) electrons. The average molecular weight is 185 g/mol. The molecule has 0 unspecified atom stereocenters. The van der Waals surface area contributed by atoms with Crippen LogP contribution >= 0.6 is 0 Å². The van der Waals surface area contributed by atoms with E-state index in [4.69, 9.17) is 4.74 Å². The summed E-state index contributed by atoms with van der Waals surface area (Å²) in [5.41, 5.74) is 0. The average Bonchev–Trinajstić information content (AvgIpc) is 2.20. The van der Waals surface area contributed by atoms with Crippen molar-refractivity contribution in [3.05, 3.63) is 0 Å². The van der Waals surface area contributed by atoms with Crippen LogP contribution in [0.1, 0.15) is 25.7 Å². The van der Waals surface area contributed by atoms with Crippen LogP contribution in [0.2, 0.25) is 0 Å². The summed E-state index contributed by atoms with van der Waals surface area (Å²) in [5.74, 6) is 0. The molecular weight excluding hydrogens is 166 g/mol. The lowest BCUT2D eigenvalue weighted by molar-refractivity contribution is -0.0357. The summed E-state index contributed by atoms with van der Waals surface area (Å²) in [6.45, 7) is 3.68. The van der Waals surface area contributed by atoms with Crippen LogP contribution in [0.3, 0.4) is 0 Å². The highest BCUT2D eigenvalue weighted by Gasteiger charge is 2.29. The molecule has 1 aliphatic carbocycles. The molecule has 3 nitrogen and oxygen atoms in total. The first-order chi connectivity index (χ1) is 6.38. The Hall–Kier alpha value is -0.120. The number of rotatable bonds is 1. The third kappa shape index (κ3) is 2.22. The van der Waals surface area contributed by atoms with Crippen molar-refractivity contribution in [3.63, 3.8) is 0 Å². The maximum Gasteiger partial charge on any atom is 0.0695 e. The molecule has 0 aromatic heterocycles. The molecule has 1 aliphatic heterocycles. The van der Waals surface area contributed by atoms with E-state index >= 15 is 0 Å². The number of nitrogens with zero attached hydrogens (tertiary/aromatic N) is 1. The van der Waals surface area contributed by atoms with E-state index in [0.717, 1.165) is 32.7 Å². The van der Waals surface area contributed by atoms with Crippen LogP contribution in [-0.2, 0) is 4.74 Å². The van der Waals surface area contributed by atoms with Gasteiger partial charge in [-0.3, -0.25) is 4.90 Å². The van der Waals surface area contributed by atoms with Crippen molar-refractivity contribution in [2.45, 2.75) is 37.8 Å². The standard InChI is InChI=1S/C10H19NO2/c12-10-4-2-1-3-9(10)11-5-7-13-8-6-11/h9-10,12H,1-8H2/t9-,10-/m1/s1. The summed E-state index contributed by atoms with van der Waals surface area (Å²) in [6, 6.07) is 0.414. The lowest BCUT2D eigenvalue weighted by Gasteiger charge is -2.39. The molecule has 2 rings (SSSR count). The number of hydrogen-bond donors (Lipinski definition) is 1. The van der Waals surface area contributed by atoms with Crippen LogP contribution in [0.25, 0.3) is 0 Å². The van der Waals surface area contributed by atoms with Gasteiger partial charge in [-0.25, -0.2) is 0 Å². The molecule has 2 atom stereocenters. The third-order valence-electron chi connectivity index (χ3n) is 3.21. The van der Waals surface area contributed by atoms with E-state index < -0.39 is 0 Å². The molecule has 3 heteroatoms. The molecule has 2 fully saturated rings. The molecule has 2 aliphatic rings. The SMILES string of the molecule is O[C@@H]1CCCC[C@H]1N1CCOCC1. The number of morpholine rings is 1. The highest BCUT2D eigenvalue weighted by Crippen LogP contribution is 2.23. The van der Waals surface area contributed by atoms with Gasteiger partial charge in [-0.2, -0.15) is 0 Å². The molecule has 1 N–H and O–H groups in total. The zero-order valence-corrected chi connectivity index (χ0v) is 8.11. The Morgan fingerprint density at radius 2 is 1.77 bits per heavy atom. The van der Waals surface area contributed by atoms with Crippen molar-refractivity contribution >= 4 is 0 Å². The second-order valence-electron chi connectivity index (χ2n) is 4.07. The second-order valence-corrected chi connectivity index (χ2v) is 4.07. The number of aliphatic hydroxyl groups excluding tert-OH is 1. The summed E-state index contributed by atoms with van der Waals surface area (Å²) in [7, 11) is 0. The first-order valence-corrected chi connectivity index (χ1v) is 5.38. The maximum absolute atomic E-state index is 9.84. The molecule has 13 heavy (non-hydrogen) atoms. The van der Waals surface area contributed by atoms with E-state index in [9.17, 15) is 5.11 Å². The van der Waals surface area contributed by atoms with Gasteiger partial charge in [-0.05, 0) is 12.8 Å². The van der Waals surface area contributed by atoms with E-state index in [1.54, 1.807) is 0 Å². The van der Waals surface area contributed by atoms with Gasteiger partial charge in [0.15, 0.2) is 0 Å². The van der Waals surface area contributed by atoms with Gasteiger partial charge in [0.2, 0.25) is 0 Å². The van der Waals surface area contributed by atoms with Gasteiger partial charge in [0.05, 0.1) is 19.3 Å². The fourth-order valence-electron chi connectivity index (χ4n) is 2.43. The zero-order chi connectivity index (χ0) is 9.10. The second kappa shape index (κ2) is 4.40. The summed E-state index contributed by atoms with van der Waals surface area (Å²) >= 11 is 0. The Morgan fingerprint density at radius 3 is 2.46 bits per heavy atom. The Morgan fingerprint density at radius 1 is 1.08 bits per heavy atom. The van der Waals surface area contributed by atoms with Crippen molar-refractivity contribution < 1.29 is 9.84 Å². The van der Waals surface area contributed by atoms with Gasteiger partial charge in [-0.1, -0.05) is 12.8 Å². The molecule has 0 amide bonds. The molecule has 0 aromatic rings. The summed E-state index contributed by atoms with van der Waals surface area (Å²) < 4.78 is 5.30. The van der Waals surface area contributed by atoms with Crippen molar-refractivity contribution in [1.82, 2.24) is 4.90 Å². The predicted molar refractivity (Wildman–Crippen MR) is 50.7 cm³/mol. The Balaban J connectivity index is 1.88. The van der Waals surface area contributed by atoms with Gasteiger partial charge < -0.3 is 9.84 Å². The van der Waals surface area contributed by atoms with Gasteiger partial charge >= 0.3 is 0 Å². The number of ether oxygens (including phenoxy) is 1. The van der Waals surface area contributed by atoms with Gasteiger partial charge in [0, 0.05) is 19.1 Å². The summed E-state index contributed by atoms with van der Waals surface area (Å²) in [6.07, 6.45) is 4.54. The third-order valence-corrected chi connectivity index (χ3v) is 3.21. The number of aliphatic hydroxyl groups is 1. The molecule has 0 spiro atoms. The van der Waals surface area contributed by atoms with Crippen LogP contribution in [0.4, 0.5) is 0 Å². The maximum atomic E-state index is 9.84. The van der Waals surface area contributed by atoms with E-state index in [-0.39, 0.29) is 6.10 Å². The fourth-order valence-corrected chi connectivity index (χ4v) is 2.43. The molecule has 1 saturated carbocycles. The van der Waals surface area contributed by atoms with E-state index in [0.29, 0.717) is 6.04 Å². The lowest BCUT2D eigenvalue weighted by atomic mass is 9.91. The van der Waals surface area contributed by atoms with Crippen molar-refractivity contribution in [2.75, 3.05) is 26.3 Å². The lowest BCUT2D eigenvalue weighted by Crippen LogP contribution is -2.50. The fraction of sp³-hybridized carbons (Fsp3) is 1.00. The topological polar surface area (TPSA) is 32.7 Å². The van der Waals surface area contributed by atoms with E-state index in [2.05, 4.69) is 4.90 Å². The first kappa shape index (κ1) is 9.44. The van der Waals surface area contributed by atoms with Crippen LogP contribution in [0.5, 0.6) is 0 Å². The first-order valence-electron chi connectivity index (χ1n) is 5.38. The Bertz CT molecular complexity index is 157. The minimum atomic E-state index is -0.0909. The minimum absolute atomic E-state index is 0.0909. The monoisotopic (exact) mass is 185 g/mol. The van der Waals surface area contributed by atoms with Crippen molar-refractivity contribution in [1.29, 1.82) is 0 Å². The zero-order valence-electron chi connectivity index (χ0n) is 8.11. The quantitative estimate of drug-likeness (QED) is 0.650. The Kier molecular flexibility index (Phi) is 3.19. The van der Waals surface area contributed by atoms with Crippen LogP contribution < -0.4 is 0 Å². The van der Waals surface area contributed by atoms with Crippen molar-refractivity contribution in [3.8, 4) is 0 Å². The van der Waals surface area contributed by atoms with E-state index in [1.165, 1.54) is 19.3 Å². The van der Waals surface area contributed by atoms with Crippen LogP contribution in [0.15, 0.2) is 0 Å². The summed E-state index contributed by atoms with van der Waals surface area (Å²) in [5, 5.41) is 9.84. The molecule has 76 valence electrons. The molecule has 0 aromatic carbocycles. The molecular formula is C10H19NO2. The summed E-state index contributed by atoms with van der Waals surface area (Å²) in [4.78, 5) is 2.40. The smallest absolute Gasteiger partial charge is 0.0695 e. The Labute approximate surface area is 79.7 Å². The van der Waals surface area contributed by atoms with E-state index in [1.807, 2.05) is 0 Å². The van der Waals surface area contributed by atoms with Gasteiger partial charge in [-0.15, -0.1) is 0 Å². The number of hydrogen-bond acceptors (Lipinski definition) is 3. The predicted octanol–water partition coefficient (Wildman–Crippen LogP) is 0.622. The molecule has 0 bridgehead atoms.